The predicted molar refractivity (Wildman–Crippen MR) is 144 cm³/mol. The summed E-state index contributed by atoms with van der Waals surface area (Å²) in [6.07, 6.45) is 7.95. The van der Waals surface area contributed by atoms with Crippen molar-refractivity contribution in [2.24, 2.45) is 4.99 Å². The SMILES string of the molecule is C=CCC1(C(CC(=O)N(CCc2ccccc2OC)C(=O)OC(C)(C)C)c2ccccc2)C=CC=N1. The van der Waals surface area contributed by atoms with Gasteiger partial charge in [0.2, 0.25) is 5.91 Å². The van der Waals surface area contributed by atoms with Crippen LogP contribution in [0.3, 0.4) is 0 Å². The molecule has 0 spiro atoms. The number of nitrogens with zero attached hydrogens (tertiary/aromatic N) is 2. The number of hydrogen-bond donors (Lipinski definition) is 0. The molecule has 0 aromatic heterocycles. The first-order valence-electron chi connectivity index (χ1n) is 12.2. The number of ether oxygens (including phenoxy) is 2. The van der Waals surface area contributed by atoms with Crippen LogP contribution in [0.5, 0.6) is 5.75 Å². The second kappa shape index (κ2) is 11.8. The molecule has 2 unspecified atom stereocenters. The van der Waals surface area contributed by atoms with Crippen molar-refractivity contribution in [3.63, 3.8) is 0 Å². The highest BCUT2D eigenvalue weighted by Crippen LogP contribution is 2.41. The number of aliphatic imine (C=N–C) groups is 1. The second-order valence-corrected chi connectivity index (χ2v) is 9.88. The molecule has 0 N–H and O–H groups in total. The Balaban J connectivity index is 1.92. The fraction of sp³-hybridized carbons (Fsp3) is 0.367. The molecule has 2 atom stereocenters. The fourth-order valence-electron chi connectivity index (χ4n) is 4.46. The van der Waals surface area contributed by atoms with Crippen LogP contribution in [0.4, 0.5) is 4.79 Å². The van der Waals surface area contributed by atoms with Gasteiger partial charge in [0.25, 0.3) is 0 Å². The van der Waals surface area contributed by atoms with Gasteiger partial charge in [0.15, 0.2) is 0 Å². The molecule has 190 valence electrons. The lowest BCUT2D eigenvalue weighted by Gasteiger charge is -2.34. The van der Waals surface area contributed by atoms with E-state index in [9.17, 15) is 9.59 Å². The summed E-state index contributed by atoms with van der Waals surface area (Å²) >= 11 is 0. The van der Waals surface area contributed by atoms with Crippen molar-refractivity contribution >= 4 is 18.2 Å². The van der Waals surface area contributed by atoms with Gasteiger partial charge in [-0.1, -0.05) is 60.7 Å². The lowest BCUT2D eigenvalue weighted by atomic mass is 9.75. The predicted octanol–water partition coefficient (Wildman–Crippen LogP) is 6.13. The summed E-state index contributed by atoms with van der Waals surface area (Å²) in [4.78, 5) is 33.0. The number of amides is 2. The molecule has 1 aliphatic heterocycles. The lowest BCUT2D eigenvalue weighted by Crippen LogP contribution is -2.44. The van der Waals surface area contributed by atoms with Crippen molar-refractivity contribution in [3.8, 4) is 5.75 Å². The number of carbonyl (C=O) groups is 2. The number of hydrogen-bond acceptors (Lipinski definition) is 5. The molecule has 1 heterocycles. The van der Waals surface area contributed by atoms with Crippen molar-refractivity contribution in [2.45, 2.75) is 57.1 Å². The van der Waals surface area contributed by atoms with Gasteiger partial charge < -0.3 is 9.47 Å². The van der Waals surface area contributed by atoms with Crippen LogP contribution in [0.25, 0.3) is 0 Å². The van der Waals surface area contributed by atoms with Crippen LogP contribution in [0.2, 0.25) is 0 Å². The molecule has 2 amide bonds. The van der Waals surface area contributed by atoms with E-state index in [0.29, 0.717) is 18.6 Å². The molecule has 36 heavy (non-hydrogen) atoms. The third kappa shape index (κ3) is 6.72. The molecule has 6 nitrogen and oxygen atoms in total. The van der Waals surface area contributed by atoms with Crippen molar-refractivity contribution in [1.82, 2.24) is 4.90 Å². The number of rotatable bonds is 10. The van der Waals surface area contributed by atoms with Gasteiger partial charge in [-0.15, -0.1) is 6.58 Å². The Labute approximate surface area is 214 Å². The average molecular weight is 489 g/mol. The van der Waals surface area contributed by atoms with Crippen LogP contribution < -0.4 is 4.74 Å². The highest BCUT2D eigenvalue weighted by atomic mass is 16.6. The zero-order valence-electron chi connectivity index (χ0n) is 21.6. The first kappa shape index (κ1) is 26.9. The first-order chi connectivity index (χ1) is 17.2. The quantitative estimate of drug-likeness (QED) is 0.377. The molecular weight excluding hydrogens is 452 g/mol. The number of imide groups is 1. The molecule has 2 aromatic carbocycles. The van der Waals surface area contributed by atoms with Crippen LogP contribution >= 0.6 is 0 Å². The van der Waals surface area contributed by atoms with Gasteiger partial charge in [-0.2, -0.15) is 0 Å². The van der Waals surface area contributed by atoms with Crippen molar-refractivity contribution < 1.29 is 19.1 Å². The monoisotopic (exact) mass is 488 g/mol. The summed E-state index contributed by atoms with van der Waals surface area (Å²) in [7, 11) is 1.61. The minimum Gasteiger partial charge on any atom is -0.496 e. The third-order valence-electron chi connectivity index (χ3n) is 6.15. The summed E-state index contributed by atoms with van der Waals surface area (Å²) in [5, 5.41) is 0. The van der Waals surface area contributed by atoms with Gasteiger partial charge in [0.1, 0.15) is 11.4 Å². The Morgan fingerprint density at radius 1 is 1.11 bits per heavy atom. The minimum atomic E-state index is -0.735. The number of allylic oxidation sites excluding steroid dienone is 1. The summed E-state index contributed by atoms with van der Waals surface area (Å²) in [6, 6.07) is 17.4. The van der Waals surface area contributed by atoms with Crippen molar-refractivity contribution in [2.75, 3.05) is 13.7 Å². The molecule has 0 fully saturated rings. The molecule has 0 bridgehead atoms. The first-order valence-corrected chi connectivity index (χ1v) is 12.2. The molecule has 0 saturated carbocycles. The maximum atomic E-state index is 13.8. The Morgan fingerprint density at radius 2 is 1.81 bits per heavy atom. The van der Waals surface area contributed by atoms with Gasteiger partial charge >= 0.3 is 6.09 Å². The molecule has 1 aliphatic rings. The van der Waals surface area contributed by atoms with E-state index >= 15 is 0 Å². The van der Waals surface area contributed by atoms with E-state index in [4.69, 9.17) is 14.5 Å². The van der Waals surface area contributed by atoms with E-state index in [1.54, 1.807) is 34.1 Å². The van der Waals surface area contributed by atoms with E-state index in [2.05, 4.69) is 6.58 Å². The van der Waals surface area contributed by atoms with Crippen LogP contribution in [0.15, 0.2) is 84.4 Å². The van der Waals surface area contributed by atoms with E-state index in [1.807, 2.05) is 72.8 Å². The Kier molecular flexibility index (Phi) is 8.86. The number of carbonyl (C=O) groups excluding carboxylic acids is 2. The summed E-state index contributed by atoms with van der Waals surface area (Å²) < 4.78 is 11.1. The fourth-order valence-corrected chi connectivity index (χ4v) is 4.46. The maximum absolute atomic E-state index is 13.8. The Morgan fingerprint density at radius 3 is 2.42 bits per heavy atom. The van der Waals surface area contributed by atoms with E-state index in [-0.39, 0.29) is 24.8 Å². The van der Waals surface area contributed by atoms with Gasteiger partial charge in [-0.3, -0.25) is 9.79 Å². The van der Waals surface area contributed by atoms with Crippen molar-refractivity contribution in [3.05, 3.63) is 90.5 Å². The number of benzene rings is 2. The molecule has 3 rings (SSSR count). The van der Waals surface area contributed by atoms with E-state index < -0.39 is 17.2 Å². The molecule has 0 saturated heterocycles. The topological polar surface area (TPSA) is 68.2 Å². The molecule has 2 aromatic rings. The van der Waals surface area contributed by atoms with Gasteiger partial charge in [-0.05, 0) is 56.9 Å². The third-order valence-corrected chi connectivity index (χ3v) is 6.15. The lowest BCUT2D eigenvalue weighted by molar-refractivity contribution is -0.131. The van der Waals surface area contributed by atoms with E-state index in [0.717, 1.165) is 11.1 Å². The van der Waals surface area contributed by atoms with Gasteiger partial charge in [0, 0.05) is 25.1 Å². The van der Waals surface area contributed by atoms with Crippen LogP contribution in [-0.4, -0.2) is 47.9 Å². The normalized spacial score (nSPS) is 17.4. The van der Waals surface area contributed by atoms with E-state index in [1.165, 1.54) is 4.90 Å². The van der Waals surface area contributed by atoms with Crippen LogP contribution in [0.1, 0.15) is 50.7 Å². The number of para-hydroxylation sites is 1. The molecule has 0 radical (unpaired) electrons. The van der Waals surface area contributed by atoms with Gasteiger partial charge in [0.05, 0.1) is 12.6 Å². The minimum absolute atomic E-state index is 0.0880. The second-order valence-electron chi connectivity index (χ2n) is 9.88. The van der Waals surface area contributed by atoms with Crippen LogP contribution in [-0.2, 0) is 16.0 Å². The highest BCUT2D eigenvalue weighted by molar-refractivity contribution is 5.92. The van der Waals surface area contributed by atoms with Gasteiger partial charge in [-0.25, -0.2) is 9.69 Å². The largest absolute Gasteiger partial charge is 0.496 e. The zero-order valence-corrected chi connectivity index (χ0v) is 21.6. The zero-order chi connectivity index (χ0) is 26.2. The van der Waals surface area contributed by atoms with Crippen molar-refractivity contribution in [1.29, 1.82) is 0 Å². The van der Waals surface area contributed by atoms with Crippen LogP contribution in [0, 0.1) is 0 Å². The molecule has 6 heteroatoms. The summed E-state index contributed by atoms with van der Waals surface area (Å²) in [6.45, 7) is 9.46. The summed E-state index contributed by atoms with van der Waals surface area (Å²) in [5.41, 5.74) is 0.514. The smallest absolute Gasteiger partial charge is 0.417 e. The number of methoxy groups -OCH3 is 1. The summed E-state index contributed by atoms with van der Waals surface area (Å²) in [5.74, 6) is 0.119. The average Bonchev–Trinajstić information content (AvgIpc) is 3.32. The highest BCUT2D eigenvalue weighted by Gasteiger charge is 2.40. The Bertz CT molecular complexity index is 1100. The standard InChI is InChI=1S/C30H36N2O4/c1-6-18-30(19-12-20-31-30)25(23-13-8-7-9-14-23)22-27(33)32(28(34)36-29(2,3)4)21-17-24-15-10-11-16-26(24)35-5/h6-16,19-20,25H,1,17-18,21-22H2,2-5H3. The molecular formula is C30H36N2O4. The Hall–Kier alpha value is -3.67. The molecule has 0 aliphatic carbocycles. The maximum Gasteiger partial charge on any atom is 0.417 e.